The Hall–Kier alpha value is -4.00. The number of aromatic amines is 1. The van der Waals surface area contributed by atoms with Crippen molar-refractivity contribution in [3.05, 3.63) is 77.6 Å². The summed E-state index contributed by atoms with van der Waals surface area (Å²) in [5.74, 6) is -4.10. The fourth-order valence-corrected chi connectivity index (χ4v) is 4.80. The van der Waals surface area contributed by atoms with Crippen molar-refractivity contribution < 1.29 is 35.2 Å². The van der Waals surface area contributed by atoms with Gasteiger partial charge in [0.15, 0.2) is 5.82 Å². The van der Waals surface area contributed by atoms with Crippen LogP contribution in [0.4, 0.5) is 33.3 Å². The summed E-state index contributed by atoms with van der Waals surface area (Å²) in [6, 6.07) is 7.50. The predicted octanol–water partition coefficient (Wildman–Crippen LogP) is 5.93. The van der Waals surface area contributed by atoms with Crippen molar-refractivity contribution in [3.63, 3.8) is 0 Å². The highest BCUT2D eigenvalue weighted by atomic mass is 32.2. The highest BCUT2D eigenvalue weighted by molar-refractivity contribution is 7.92. The van der Waals surface area contributed by atoms with Crippen molar-refractivity contribution in [2.45, 2.75) is 19.5 Å². The Labute approximate surface area is 207 Å². The number of alkyl halides is 3. The van der Waals surface area contributed by atoms with E-state index in [-0.39, 0.29) is 17.9 Å². The van der Waals surface area contributed by atoms with E-state index in [9.17, 15) is 35.2 Å². The largest absolute Gasteiger partial charge is 0.416 e. The molecule has 37 heavy (non-hydrogen) atoms. The van der Waals surface area contributed by atoms with Gasteiger partial charge in [-0.3, -0.25) is 9.52 Å². The van der Waals surface area contributed by atoms with Crippen LogP contribution in [0.1, 0.15) is 29.3 Å². The van der Waals surface area contributed by atoms with E-state index >= 15 is 0 Å². The smallest absolute Gasteiger partial charge is 0.346 e. The zero-order chi connectivity index (χ0) is 27.0. The number of nitrogens with zero attached hydrogens (tertiary/aromatic N) is 1. The molecule has 0 fully saturated rings. The van der Waals surface area contributed by atoms with Crippen LogP contribution in [0.3, 0.4) is 0 Å². The molecule has 1 amide bonds. The van der Waals surface area contributed by atoms with Crippen LogP contribution in [0.5, 0.6) is 0 Å². The predicted molar refractivity (Wildman–Crippen MR) is 129 cm³/mol. The van der Waals surface area contributed by atoms with E-state index in [2.05, 4.69) is 15.3 Å². The minimum absolute atomic E-state index is 0.0426. The van der Waals surface area contributed by atoms with E-state index in [1.165, 1.54) is 30.6 Å². The first kappa shape index (κ1) is 26.1. The molecule has 3 N–H and O–H groups in total. The quantitative estimate of drug-likeness (QED) is 0.254. The van der Waals surface area contributed by atoms with Gasteiger partial charge < -0.3 is 10.3 Å². The molecule has 0 spiro atoms. The molecule has 0 bridgehead atoms. The van der Waals surface area contributed by atoms with E-state index in [1.807, 2.05) is 4.72 Å². The molecule has 4 rings (SSSR count). The molecule has 4 aromatic rings. The first-order chi connectivity index (χ1) is 17.4. The van der Waals surface area contributed by atoms with Gasteiger partial charge >= 0.3 is 6.18 Å². The van der Waals surface area contributed by atoms with E-state index in [1.54, 1.807) is 6.92 Å². The van der Waals surface area contributed by atoms with E-state index in [0.29, 0.717) is 22.2 Å². The van der Waals surface area contributed by atoms with Gasteiger partial charge in [-0.05, 0) is 42.3 Å². The lowest BCUT2D eigenvalue weighted by Gasteiger charge is -2.12. The van der Waals surface area contributed by atoms with Gasteiger partial charge in [-0.25, -0.2) is 22.2 Å². The maximum atomic E-state index is 14.9. The van der Waals surface area contributed by atoms with Crippen LogP contribution in [0.25, 0.3) is 22.2 Å². The number of halogens is 5. The number of benzene rings is 2. The van der Waals surface area contributed by atoms with Gasteiger partial charge in [-0.2, -0.15) is 13.2 Å². The second-order valence-corrected chi connectivity index (χ2v) is 9.90. The third kappa shape index (κ3) is 5.56. The van der Waals surface area contributed by atoms with Crippen LogP contribution in [0, 0.1) is 11.6 Å². The molecule has 0 aliphatic heterocycles. The maximum Gasteiger partial charge on any atom is 0.416 e. The fourth-order valence-electron chi connectivity index (χ4n) is 3.67. The molecule has 7 nitrogen and oxygen atoms in total. The average molecular weight is 538 g/mol. The number of anilines is 2. The van der Waals surface area contributed by atoms with Crippen molar-refractivity contribution >= 4 is 38.3 Å². The Morgan fingerprint density at radius 3 is 2.43 bits per heavy atom. The van der Waals surface area contributed by atoms with Crippen LogP contribution >= 0.6 is 0 Å². The molecule has 194 valence electrons. The number of H-pyrrole nitrogens is 1. The number of hydrogen-bond donors (Lipinski definition) is 3. The Bertz CT molecular complexity index is 1580. The zero-order valence-corrected chi connectivity index (χ0v) is 19.9. The van der Waals surface area contributed by atoms with Crippen molar-refractivity contribution in [2.75, 3.05) is 15.8 Å². The molecule has 2 aromatic carbocycles. The molecule has 13 heteroatoms. The zero-order valence-electron chi connectivity index (χ0n) is 19.1. The lowest BCUT2D eigenvalue weighted by molar-refractivity contribution is -0.137. The van der Waals surface area contributed by atoms with E-state index in [0.717, 1.165) is 24.3 Å². The minimum Gasteiger partial charge on any atom is -0.346 e. The van der Waals surface area contributed by atoms with Gasteiger partial charge in [0.1, 0.15) is 17.0 Å². The van der Waals surface area contributed by atoms with Gasteiger partial charge in [0.2, 0.25) is 10.0 Å². The van der Waals surface area contributed by atoms with Crippen LogP contribution in [0.2, 0.25) is 0 Å². The highest BCUT2D eigenvalue weighted by Gasteiger charge is 2.30. The summed E-state index contributed by atoms with van der Waals surface area (Å²) in [5, 5.41) is 2.75. The number of sulfonamides is 1. The second kappa shape index (κ2) is 9.81. The number of pyridine rings is 1. The maximum absolute atomic E-state index is 14.9. The molecule has 0 saturated heterocycles. The molecular formula is C24H19F5N4O3S. The Morgan fingerprint density at radius 1 is 1.08 bits per heavy atom. The first-order valence-corrected chi connectivity index (χ1v) is 12.5. The lowest BCUT2D eigenvalue weighted by Crippen LogP contribution is -2.20. The van der Waals surface area contributed by atoms with Gasteiger partial charge in [-0.1, -0.05) is 19.1 Å². The third-order valence-electron chi connectivity index (χ3n) is 5.37. The number of amides is 1. The SMILES string of the molecule is CCCS(=O)(=O)Nc1ccc(F)c(C(=O)Nc2cnc3[nH]cc(-c4ccc(C(F)(F)F)cc4)c3c2)c1F. The monoisotopic (exact) mass is 538 g/mol. The Morgan fingerprint density at radius 2 is 1.78 bits per heavy atom. The lowest BCUT2D eigenvalue weighted by atomic mass is 10.0. The van der Waals surface area contributed by atoms with Crippen molar-refractivity contribution in [1.82, 2.24) is 9.97 Å². The normalized spacial score (nSPS) is 12.1. The third-order valence-corrected chi connectivity index (χ3v) is 6.85. The molecule has 0 radical (unpaired) electrons. The number of fused-ring (bicyclic) bond motifs is 1. The number of hydrogen-bond acceptors (Lipinski definition) is 4. The standard InChI is InChI=1S/C24H19F5N4O3S/c1-2-9-37(35,36)33-19-8-7-18(25)20(21(19)26)23(34)32-15-10-16-17(12-31-22(16)30-11-15)13-3-5-14(6-4-13)24(27,28)29/h3-8,10-12,33H,2,9H2,1H3,(H,30,31)(H,32,34). The van der Waals surface area contributed by atoms with Crippen molar-refractivity contribution in [3.8, 4) is 11.1 Å². The summed E-state index contributed by atoms with van der Waals surface area (Å²) in [5.41, 5.74) is -1.08. The summed E-state index contributed by atoms with van der Waals surface area (Å²) < 4.78 is 93.9. The highest BCUT2D eigenvalue weighted by Crippen LogP contribution is 2.34. The topological polar surface area (TPSA) is 104 Å². The molecular weight excluding hydrogens is 519 g/mol. The minimum atomic E-state index is -4.49. The number of carbonyl (C=O) groups is 1. The fraction of sp³-hybridized carbons (Fsp3) is 0.167. The van der Waals surface area contributed by atoms with Gasteiger partial charge in [0.05, 0.1) is 28.9 Å². The van der Waals surface area contributed by atoms with Gasteiger partial charge in [0, 0.05) is 17.1 Å². The summed E-state index contributed by atoms with van der Waals surface area (Å²) >= 11 is 0. The van der Waals surface area contributed by atoms with Crippen molar-refractivity contribution in [2.24, 2.45) is 0 Å². The van der Waals surface area contributed by atoms with Crippen LogP contribution in [-0.2, 0) is 16.2 Å². The molecule has 0 atom stereocenters. The van der Waals surface area contributed by atoms with Gasteiger partial charge in [-0.15, -0.1) is 0 Å². The van der Waals surface area contributed by atoms with Crippen LogP contribution in [0.15, 0.2) is 54.9 Å². The molecule has 2 aromatic heterocycles. The molecule has 0 unspecified atom stereocenters. The number of rotatable bonds is 7. The summed E-state index contributed by atoms with van der Waals surface area (Å²) in [6.07, 6.45) is -1.49. The molecule has 2 heterocycles. The number of nitrogens with one attached hydrogen (secondary N) is 3. The van der Waals surface area contributed by atoms with Gasteiger partial charge in [0.25, 0.3) is 5.91 Å². The van der Waals surface area contributed by atoms with E-state index in [4.69, 9.17) is 0 Å². The Balaban J connectivity index is 1.64. The first-order valence-electron chi connectivity index (χ1n) is 10.8. The second-order valence-electron chi connectivity index (χ2n) is 8.06. The van der Waals surface area contributed by atoms with Crippen LogP contribution in [-0.4, -0.2) is 30.0 Å². The summed E-state index contributed by atoms with van der Waals surface area (Å²) in [6.45, 7) is 1.61. The van der Waals surface area contributed by atoms with Crippen LogP contribution < -0.4 is 10.0 Å². The molecule has 0 aliphatic carbocycles. The average Bonchev–Trinajstić information content (AvgIpc) is 3.24. The number of aromatic nitrogens is 2. The summed E-state index contributed by atoms with van der Waals surface area (Å²) in [7, 11) is -3.90. The Kier molecular flexibility index (Phi) is 6.91. The molecule has 0 aliphatic rings. The summed E-state index contributed by atoms with van der Waals surface area (Å²) in [4.78, 5) is 19.8. The van der Waals surface area contributed by atoms with Crippen molar-refractivity contribution in [1.29, 1.82) is 0 Å². The van der Waals surface area contributed by atoms with E-state index < -0.39 is 50.6 Å². The number of carbonyl (C=O) groups excluding carboxylic acids is 1. The molecule has 0 saturated carbocycles.